The summed E-state index contributed by atoms with van der Waals surface area (Å²) in [4.78, 5) is 46.2. The van der Waals surface area contributed by atoms with Gasteiger partial charge < -0.3 is 19.7 Å². The predicted molar refractivity (Wildman–Crippen MR) is 227 cm³/mol. The van der Waals surface area contributed by atoms with E-state index in [4.69, 9.17) is 9.47 Å². The minimum atomic E-state index is -0.124. The zero-order chi connectivity index (χ0) is 39.9. The van der Waals surface area contributed by atoms with Crippen molar-refractivity contribution in [3.8, 4) is 32.6 Å². The lowest BCUT2D eigenvalue weighted by molar-refractivity contribution is 0.413. The van der Waals surface area contributed by atoms with Gasteiger partial charge in [-0.05, 0) is 72.1 Å². The molecule has 0 radical (unpaired) electrons. The fourth-order valence-electron chi connectivity index (χ4n) is 5.96. The number of pyridine rings is 4. The summed E-state index contributed by atoms with van der Waals surface area (Å²) >= 11 is 3.25. The molecule has 0 saturated heterocycles. The third kappa shape index (κ3) is 9.14. The number of aryl methyl sites for hydroxylation is 2. The van der Waals surface area contributed by atoms with Crippen LogP contribution in [0, 0.1) is 13.8 Å². The van der Waals surface area contributed by atoms with Gasteiger partial charge in [0.05, 0.1) is 71.9 Å². The van der Waals surface area contributed by atoms with Crippen LogP contribution >= 0.6 is 22.7 Å². The number of methoxy groups -OCH3 is 2. The number of nitrogens with zero attached hydrogens (tertiary/aromatic N) is 9. The Labute approximate surface area is 336 Å². The monoisotopic (exact) mass is 800 g/mol. The van der Waals surface area contributed by atoms with Crippen LogP contribution in [0.25, 0.3) is 43.2 Å². The molecule has 0 spiro atoms. The van der Waals surface area contributed by atoms with Crippen LogP contribution in [0.3, 0.4) is 0 Å². The van der Waals surface area contributed by atoms with Crippen LogP contribution in [0.5, 0.6) is 11.5 Å². The van der Waals surface area contributed by atoms with Crippen molar-refractivity contribution in [3.63, 3.8) is 0 Å². The first kappa shape index (κ1) is 38.7. The Morgan fingerprint density at radius 2 is 1.23 bits per heavy atom. The number of hydrogen-bond acceptors (Lipinski definition) is 14. The maximum atomic E-state index is 12.3. The summed E-state index contributed by atoms with van der Waals surface area (Å²) in [6.07, 6.45) is 6.81. The van der Waals surface area contributed by atoms with Crippen LogP contribution in [0.4, 0.5) is 11.4 Å². The normalized spacial score (nSPS) is 11.0. The van der Waals surface area contributed by atoms with E-state index < -0.39 is 0 Å². The number of nitrogens with one attached hydrogen (secondary N) is 1. The number of anilines is 2. The molecule has 8 aromatic heterocycles. The van der Waals surface area contributed by atoms with Crippen LogP contribution in [0.2, 0.25) is 0 Å². The lowest BCUT2D eigenvalue weighted by Gasteiger charge is -2.20. The summed E-state index contributed by atoms with van der Waals surface area (Å²) < 4.78 is 13.4. The van der Waals surface area contributed by atoms with Crippen molar-refractivity contribution in [2.24, 2.45) is 0 Å². The molecular formula is C41H40N10O4S2. The van der Waals surface area contributed by atoms with Gasteiger partial charge in [-0.2, -0.15) is 10.2 Å². The molecule has 0 amide bonds. The summed E-state index contributed by atoms with van der Waals surface area (Å²) in [5, 5.41) is 16.5. The Kier molecular flexibility index (Phi) is 11.9. The van der Waals surface area contributed by atoms with Crippen LogP contribution in [0.15, 0.2) is 106 Å². The smallest absolute Gasteiger partial charge is 0.266 e. The van der Waals surface area contributed by atoms with E-state index in [1.165, 1.54) is 20.5 Å². The molecule has 1 N–H and O–H groups in total. The quantitative estimate of drug-likeness (QED) is 0.140. The largest absolute Gasteiger partial charge is 0.495 e. The van der Waals surface area contributed by atoms with Crippen molar-refractivity contribution in [1.29, 1.82) is 0 Å². The summed E-state index contributed by atoms with van der Waals surface area (Å²) in [6, 6.07) is 18.3. The second-order valence-corrected chi connectivity index (χ2v) is 14.9. The van der Waals surface area contributed by atoms with Gasteiger partial charge in [0.1, 0.15) is 33.9 Å². The van der Waals surface area contributed by atoms with Gasteiger partial charge in [0.15, 0.2) is 0 Å². The number of fused-ring (bicyclic) bond motifs is 2. The lowest BCUT2D eigenvalue weighted by Crippen LogP contribution is -2.30. The van der Waals surface area contributed by atoms with Crippen LogP contribution in [0.1, 0.15) is 11.1 Å². The number of aromatic nitrogens is 8. The Morgan fingerprint density at radius 1 is 0.684 bits per heavy atom. The SMILES string of the molecule is COc1cnc2c(N(C)CCn3nc(-c4cc(C)cs4)ccc3=O)ccnc2c1.COc1cnc2c(NCCn3nc(-c4cc(C)cs4)ccc3=O)ccnc2c1. The lowest BCUT2D eigenvalue weighted by atomic mass is 10.2. The number of likely N-dealkylation sites (N-methyl/N-ethyl adjacent to an activating group) is 1. The van der Waals surface area contributed by atoms with Gasteiger partial charge in [-0.3, -0.25) is 19.6 Å². The Morgan fingerprint density at radius 3 is 1.79 bits per heavy atom. The van der Waals surface area contributed by atoms with Crippen molar-refractivity contribution in [3.05, 3.63) is 128 Å². The maximum absolute atomic E-state index is 12.3. The fraction of sp³-hybridized carbons (Fsp3) is 0.220. The zero-order valence-electron chi connectivity index (χ0n) is 32.0. The standard InChI is InChI=1S/C21H21N5O2S.C20H19N5O2S/c1-14-10-19(29-13-14)16-4-5-20(27)26(24-16)9-8-25(2)18-6-7-22-17-11-15(28-3)12-23-21(17)18;1-13-9-18(28-12-13)15-3-4-19(26)25(24-15)8-7-22-16-5-6-21-17-10-14(27-2)11-23-20(16)17/h4-7,10-13H,8-9H2,1-3H3;3-6,9-12H,7-8H2,1-2H3,(H,21,22). The number of ether oxygens (including phenoxy) is 2. The van der Waals surface area contributed by atoms with Crippen LogP contribution in [-0.2, 0) is 13.1 Å². The van der Waals surface area contributed by atoms with Crippen LogP contribution < -0.4 is 30.8 Å². The molecule has 290 valence electrons. The molecule has 0 aromatic carbocycles. The molecule has 0 aliphatic rings. The van der Waals surface area contributed by atoms with Gasteiger partial charge >= 0.3 is 0 Å². The van der Waals surface area contributed by atoms with Gasteiger partial charge in [0, 0.05) is 56.8 Å². The van der Waals surface area contributed by atoms with Crippen molar-refractivity contribution in [1.82, 2.24) is 39.5 Å². The second-order valence-electron chi connectivity index (χ2n) is 13.1. The Bertz CT molecular complexity index is 2780. The van der Waals surface area contributed by atoms with E-state index in [0.29, 0.717) is 37.7 Å². The molecule has 0 bridgehead atoms. The van der Waals surface area contributed by atoms with Crippen molar-refractivity contribution in [2.75, 3.05) is 44.6 Å². The first-order valence-corrected chi connectivity index (χ1v) is 19.7. The van der Waals surface area contributed by atoms with Gasteiger partial charge in [0.2, 0.25) is 0 Å². The summed E-state index contributed by atoms with van der Waals surface area (Å²) in [7, 11) is 5.18. The molecule has 14 nitrogen and oxygen atoms in total. The minimum absolute atomic E-state index is 0.113. The molecule has 8 heterocycles. The summed E-state index contributed by atoms with van der Waals surface area (Å²) in [6.45, 7) is 6.14. The highest BCUT2D eigenvalue weighted by Crippen LogP contribution is 2.27. The fourth-order valence-corrected chi connectivity index (χ4v) is 7.69. The summed E-state index contributed by atoms with van der Waals surface area (Å²) in [5.74, 6) is 1.33. The van der Waals surface area contributed by atoms with Gasteiger partial charge in [-0.1, -0.05) is 0 Å². The molecule has 0 atom stereocenters. The first-order chi connectivity index (χ1) is 27.7. The van der Waals surface area contributed by atoms with E-state index in [1.807, 2.05) is 45.2 Å². The van der Waals surface area contributed by atoms with Gasteiger partial charge in [-0.15, -0.1) is 22.7 Å². The average molecular weight is 801 g/mol. The van der Waals surface area contributed by atoms with Gasteiger partial charge in [-0.25, -0.2) is 19.3 Å². The maximum Gasteiger partial charge on any atom is 0.266 e. The van der Waals surface area contributed by atoms with E-state index in [-0.39, 0.29) is 11.1 Å². The molecule has 0 fully saturated rings. The van der Waals surface area contributed by atoms with Crippen LogP contribution in [-0.4, -0.2) is 73.9 Å². The van der Waals surface area contributed by atoms with E-state index in [0.717, 1.165) is 54.6 Å². The topological polar surface area (TPSA) is 155 Å². The van der Waals surface area contributed by atoms with Crippen molar-refractivity contribution in [2.45, 2.75) is 26.9 Å². The Hall–Kier alpha value is -6.52. The van der Waals surface area contributed by atoms with Crippen molar-refractivity contribution < 1.29 is 9.47 Å². The highest BCUT2D eigenvalue weighted by Gasteiger charge is 2.12. The molecule has 0 aliphatic carbocycles. The number of hydrogen-bond donors (Lipinski definition) is 1. The highest BCUT2D eigenvalue weighted by atomic mass is 32.1. The Balaban J connectivity index is 0.000000174. The van der Waals surface area contributed by atoms with Crippen molar-refractivity contribution >= 4 is 56.1 Å². The molecule has 0 unspecified atom stereocenters. The van der Waals surface area contributed by atoms with Gasteiger partial charge in [0.25, 0.3) is 11.1 Å². The third-order valence-corrected chi connectivity index (χ3v) is 11.1. The predicted octanol–water partition coefficient (Wildman–Crippen LogP) is 6.71. The average Bonchev–Trinajstić information content (AvgIpc) is 3.88. The third-order valence-electron chi connectivity index (χ3n) is 8.95. The van der Waals surface area contributed by atoms with E-state index in [2.05, 4.69) is 63.2 Å². The first-order valence-electron chi connectivity index (χ1n) is 18.0. The minimum Gasteiger partial charge on any atom is -0.495 e. The molecule has 0 aliphatic heterocycles. The molecule has 8 aromatic rings. The van der Waals surface area contributed by atoms with E-state index in [9.17, 15) is 9.59 Å². The van der Waals surface area contributed by atoms with E-state index >= 15 is 0 Å². The molecule has 57 heavy (non-hydrogen) atoms. The number of thiophene rings is 2. The highest BCUT2D eigenvalue weighted by molar-refractivity contribution is 7.14. The number of rotatable bonds is 12. The zero-order valence-corrected chi connectivity index (χ0v) is 33.7. The molecular weight excluding hydrogens is 761 g/mol. The second kappa shape index (κ2) is 17.5. The molecule has 0 saturated carbocycles. The molecule has 16 heteroatoms. The molecule has 8 rings (SSSR count). The van der Waals surface area contributed by atoms with E-state index in [1.54, 1.807) is 85.9 Å². The summed E-state index contributed by atoms with van der Waals surface area (Å²) in [5.41, 5.74) is 8.61.